The van der Waals surface area contributed by atoms with Gasteiger partial charge < -0.3 is 4.98 Å². The average Bonchev–Trinajstić information content (AvgIpc) is 3.43. The fourth-order valence-electron chi connectivity index (χ4n) is 4.21. The Hall–Kier alpha value is -4.25. The first-order chi connectivity index (χ1) is 15.3. The predicted molar refractivity (Wildman–Crippen MR) is 125 cm³/mol. The lowest BCUT2D eigenvalue weighted by molar-refractivity contribution is 1.12. The van der Waals surface area contributed by atoms with Crippen LogP contribution in [0.4, 0.5) is 0 Å². The Bertz CT molecular complexity index is 1540. The van der Waals surface area contributed by atoms with E-state index >= 15 is 0 Å². The minimum Gasteiger partial charge on any atom is -0.352 e. The van der Waals surface area contributed by atoms with Crippen molar-refractivity contribution in [2.24, 2.45) is 0 Å². The molecule has 5 nitrogen and oxygen atoms in total. The molecule has 0 unspecified atom stereocenters. The summed E-state index contributed by atoms with van der Waals surface area (Å²) in [6, 6.07) is 21.0. The van der Waals surface area contributed by atoms with Crippen LogP contribution in [0, 0.1) is 6.92 Å². The number of pyridine rings is 2. The minimum absolute atomic E-state index is 0.902. The summed E-state index contributed by atoms with van der Waals surface area (Å²) >= 11 is 0. The van der Waals surface area contributed by atoms with Crippen molar-refractivity contribution >= 4 is 21.8 Å². The van der Waals surface area contributed by atoms with Crippen molar-refractivity contribution in [1.82, 2.24) is 25.1 Å². The summed E-state index contributed by atoms with van der Waals surface area (Å²) in [5.41, 5.74) is 9.61. The van der Waals surface area contributed by atoms with Gasteiger partial charge in [0.2, 0.25) is 0 Å². The fraction of sp³-hybridized carbons (Fsp3) is 0.0385. The molecule has 6 rings (SSSR count). The number of aromatic nitrogens is 5. The van der Waals surface area contributed by atoms with E-state index in [-0.39, 0.29) is 0 Å². The van der Waals surface area contributed by atoms with E-state index in [2.05, 4.69) is 86.7 Å². The summed E-state index contributed by atoms with van der Waals surface area (Å²) in [7, 11) is 0. The largest absolute Gasteiger partial charge is 0.352 e. The third-order valence-electron chi connectivity index (χ3n) is 5.79. The second-order valence-corrected chi connectivity index (χ2v) is 7.72. The average molecular weight is 401 g/mol. The Morgan fingerprint density at radius 2 is 1.65 bits per heavy atom. The number of hydrogen-bond donors (Lipinski definition) is 2. The van der Waals surface area contributed by atoms with Gasteiger partial charge in [-0.3, -0.25) is 15.1 Å². The number of nitrogens with zero attached hydrogens (tertiary/aromatic N) is 3. The molecular formula is C26H19N5. The second-order valence-electron chi connectivity index (χ2n) is 7.72. The number of hydrogen-bond acceptors (Lipinski definition) is 3. The molecule has 0 atom stereocenters. The first kappa shape index (κ1) is 17.6. The van der Waals surface area contributed by atoms with Crippen LogP contribution in [0.25, 0.3) is 55.4 Å². The highest BCUT2D eigenvalue weighted by Crippen LogP contribution is 2.35. The van der Waals surface area contributed by atoms with Crippen LogP contribution < -0.4 is 0 Å². The molecule has 0 aliphatic heterocycles. The zero-order valence-electron chi connectivity index (χ0n) is 16.9. The van der Waals surface area contributed by atoms with Crippen LogP contribution in [0.15, 0.2) is 85.5 Å². The Balaban J connectivity index is 1.52. The highest BCUT2D eigenvalue weighted by Gasteiger charge is 2.15. The van der Waals surface area contributed by atoms with Crippen molar-refractivity contribution in [3.63, 3.8) is 0 Å². The molecule has 0 amide bonds. The summed E-state index contributed by atoms with van der Waals surface area (Å²) in [5.74, 6) is 0. The van der Waals surface area contributed by atoms with Crippen molar-refractivity contribution in [2.75, 3.05) is 0 Å². The molecule has 0 fully saturated rings. The topological polar surface area (TPSA) is 70.2 Å². The number of rotatable bonds is 3. The lowest BCUT2D eigenvalue weighted by Crippen LogP contribution is -1.83. The van der Waals surface area contributed by atoms with Crippen molar-refractivity contribution in [1.29, 1.82) is 0 Å². The Kier molecular flexibility index (Phi) is 3.93. The molecule has 148 valence electrons. The van der Waals surface area contributed by atoms with Crippen LogP contribution in [-0.4, -0.2) is 25.1 Å². The lowest BCUT2D eigenvalue weighted by Gasteiger charge is -2.06. The summed E-state index contributed by atoms with van der Waals surface area (Å²) in [5, 5.41) is 9.99. The van der Waals surface area contributed by atoms with E-state index in [0.717, 1.165) is 44.3 Å². The molecule has 2 aromatic carbocycles. The highest BCUT2D eigenvalue weighted by atomic mass is 15.1. The lowest BCUT2D eigenvalue weighted by atomic mass is 9.98. The van der Waals surface area contributed by atoms with Gasteiger partial charge in [-0.25, -0.2) is 0 Å². The maximum atomic E-state index is 4.63. The predicted octanol–water partition coefficient (Wildman–Crippen LogP) is 6.14. The van der Waals surface area contributed by atoms with E-state index in [1.165, 1.54) is 16.7 Å². The zero-order valence-corrected chi connectivity index (χ0v) is 16.9. The molecular weight excluding hydrogens is 382 g/mol. The minimum atomic E-state index is 0.902. The van der Waals surface area contributed by atoms with E-state index < -0.39 is 0 Å². The first-order valence-corrected chi connectivity index (χ1v) is 10.2. The van der Waals surface area contributed by atoms with Gasteiger partial charge in [-0.15, -0.1) is 0 Å². The number of nitrogens with one attached hydrogen (secondary N) is 2. The standard InChI is InChI=1S/C26H19N5/c1-16-5-2-3-7-19(16)17-8-9-23-21(11-17)26(31-30-23)24-12-20-22(14-28-15-25(20)29-24)18-6-4-10-27-13-18/h2-15,29H,1H3,(H,30,31). The van der Waals surface area contributed by atoms with Gasteiger partial charge in [0.15, 0.2) is 0 Å². The summed E-state index contributed by atoms with van der Waals surface area (Å²) in [6.45, 7) is 2.14. The van der Waals surface area contributed by atoms with E-state index in [1.807, 2.05) is 24.7 Å². The van der Waals surface area contributed by atoms with Gasteiger partial charge in [0.25, 0.3) is 0 Å². The Labute approximate surface area is 178 Å². The third-order valence-corrected chi connectivity index (χ3v) is 5.79. The molecule has 0 aliphatic rings. The summed E-state index contributed by atoms with van der Waals surface area (Å²) in [6.07, 6.45) is 7.38. The Morgan fingerprint density at radius 1 is 0.710 bits per heavy atom. The molecule has 4 heterocycles. The van der Waals surface area contributed by atoms with Crippen molar-refractivity contribution in [3.05, 3.63) is 91.0 Å². The van der Waals surface area contributed by atoms with Gasteiger partial charge in [-0.05, 0) is 47.9 Å². The molecule has 0 radical (unpaired) electrons. The van der Waals surface area contributed by atoms with Crippen molar-refractivity contribution in [3.8, 4) is 33.6 Å². The van der Waals surface area contributed by atoms with Crippen molar-refractivity contribution < 1.29 is 0 Å². The molecule has 5 heteroatoms. The Morgan fingerprint density at radius 3 is 2.52 bits per heavy atom. The van der Waals surface area contributed by atoms with Crippen LogP contribution in [0.3, 0.4) is 0 Å². The monoisotopic (exact) mass is 401 g/mol. The van der Waals surface area contributed by atoms with E-state index in [1.54, 1.807) is 6.20 Å². The van der Waals surface area contributed by atoms with Gasteiger partial charge in [0.1, 0.15) is 5.69 Å². The maximum Gasteiger partial charge on any atom is 0.116 e. The van der Waals surface area contributed by atoms with Crippen LogP contribution in [0.2, 0.25) is 0 Å². The van der Waals surface area contributed by atoms with E-state index in [0.29, 0.717) is 0 Å². The number of aryl methyl sites for hydroxylation is 1. The third kappa shape index (κ3) is 2.90. The zero-order chi connectivity index (χ0) is 20.8. The summed E-state index contributed by atoms with van der Waals surface area (Å²) in [4.78, 5) is 12.2. The van der Waals surface area contributed by atoms with E-state index in [9.17, 15) is 0 Å². The van der Waals surface area contributed by atoms with Crippen LogP contribution in [0.5, 0.6) is 0 Å². The fourth-order valence-corrected chi connectivity index (χ4v) is 4.21. The number of benzene rings is 2. The molecule has 31 heavy (non-hydrogen) atoms. The second kappa shape index (κ2) is 6.92. The molecule has 2 N–H and O–H groups in total. The molecule has 0 saturated carbocycles. The molecule has 0 aliphatic carbocycles. The van der Waals surface area contributed by atoms with Crippen molar-refractivity contribution in [2.45, 2.75) is 6.92 Å². The highest BCUT2D eigenvalue weighted by molar-refractivity contribution is 6.01. The number of fused-ring (bicyclic) bond motifs is 2. The molecule has 0 bridgehead atoms. The normalized spacial score (nSPS) is 11.4. The first-order valence-electron chi connectivity index (χ1n) is 10.2. The van der Waals surface area contributed by atoms with Gasteiger partial charge >= 0.3 is 0 Å². The van der Waals surface area contributed by atoms with Gasteiger partial charge in [0, 0.05) is 40.5 Å². The molecule has 6 aromatic rings. The van der Waals surface area contributed by atoms with Gasteiger partial charge in [-0.2, -0.15) is 5.10 Å². The van der Waals surface area contributed by atoms with E-state index in [4.69, 9.17) is 0 Å². The molecule has 0 spiro atoms. The van der Waals surface area contributed by atoms with Crippen LogP contribution in [0.1, 0.15) is 5.56 Å². The summed E-state index contributed by atoms with van der Waals surface area (Å²) < 4.78 is 0. The molecule has 4 aromatic heterocycles. The number of aromatic amines is 2. The molecule has 0 saturated heterocycles. The SMILES string of the molecule is Cc1ccccc1-c1ccc2[nH]nc(-c3cc4c(-c5cccnc5)cncc4[nH]3)c2c1. The van der Waals surface area contributed by atoms with Gasteiger partial charge in [0.05, 0.1) is 22.9 Å². The maximum absolute atomic E-state index is 4.63. The van der Waals surface area contributed by atoms with Gasteiger partial charge in [-0.1, -0.05) is 36.4 Å². The van der Waals surface area contributed by atoms with Crippen LogP contribution in [-0.2, 0) is 0 Å². The quantitative estimate of drug-likeness (QED) is 0.374. The smallest absolute Gasteiger partial charge is 0.116 e. The van der Waals surface area contributed by atoms with Crippen LogP contribution >= 0.6 is 0 Å². The number of H-pyrrole nitrogens is 2.